The van der Waals surface area contributed by atoms with E-state index in [4.69, 9.17) is 4.74 Å². The van der Waals surface area contributed by atoms with Crippen LogP contribution in [0, 0.1) is 0 Å². The van der Waals surface area contributed by atoms with Gasteiger partial charge in [-0.25, -0.2) is 0 Å². The maximum atomic E-state index is 11.5. The van der Waals surface area contributed by atoms with E-state index in [0.717, 1.165) is 0 Å². The molecule has 0 atom stereocenters. The van der Waals surface area contributed by atoms with E-state index in [1.165, 1.54) is 13.0 Å². The molecule has 1 rings (SSSR count). The Hall–Kier alpha value is -1.90. The number of ether oxygens (including phenoxy) is 1. The number of hydrogen-bond acceptors (Lipinski definition) is 3. The lowest BCUT2D eigenvalue weighted by Crippen LogP contribution is -1.99. The first-order chi connectivity index (χ1) is 7.70. The summed E-state index contributed by atoms with van der Waals surface area (Å²) in [5.41, 5.74) is 0.659. The number of esters is 1. The maximum Gasteiger partial charge on any atom is 0.302 e. The second kappa shape index (κ2) is 6.56. The molecule has 0 heterocycles. The molecule has 16 heavy (non-hydrogen) atoms. The summed E-state index contributed by atoms with van der Waals surface area (Å²) >= 11 is 0. The van der Waals surface area contributed by atoms with Crippen LogP contribution in [0.25, 0.3) is 0 Å². The van der Waals surface area contributed by atoms with Gasteiger partial charge in [0.2, 0.25) is 0 Å². The summed E-state index contributed by atoms with van der Waals surface area (Å²) in [6.45, 7) is 1.67. The molecule has 84 valence electrons. The lowest BCUT2D eigenvalue weighted by Gasteiger charge is -1.97. The topological polar surface area (TPSA) is 43.4 Å². The van der Waals surface area contributed by atoms with Crippen molar-refractivity contribution in [1.82, 2.24) is 0 Å². The molecule has 3 nitrogen and oxygen atoms in total. The normalized spacial score (nSPS) is 10.3. The SMILES string of the molecule is CC(=O)OCCC=CC(=O)c1ccccc1. The first kappa shape index (κ1) is 12.2. The van der Waals surface area contributed by atoms with Crippen molar-refractivity contribution in [3.63, 3.8) is 0 Å². The van der Waals surface area contributed by atoms with Crippen LogP contribution in [0.2, 0.25) is 0 Å². The largest absolute Gasteiger partial charge is 0.466 e. The smallest absolute Gasteiger partial charge is 0.302 e. The van der Waals surface area contributed by atoms with Crippen molar-refractivity contribution in [3.05, 3.63) is 48.0 Å². The Morgan fingerprint density at radius 3 is 2.56 bits per heavy atom. The van der Waals surface area contributed by atoms with E-state index in [1.807, 2.05) is 18.2 Å². The maximum absolute atomic E-state index is 11.5. The molecule has 0 aliphatic heterocycles. The summed E-state index contributed by atoms with van der Waals surface area (Å²) in [5.74, 6) is -0.341. The molecular weight excluding hydrogens is 204 g/mol. The molecular formula is C13H14O3. The number of carbonyl (C=O) groups is 2. The van der Waals surface area contributed by atoms with Crippen LogP contribution in [0.15, 0.2) is 42.5 Å². The van der Waals surface area contributed by atoms with Crippen LogP contribution in [-0.4, -0.2) is 18.4 Å². The van der Waals surface area contributed by atoms with Crippen LogP contribution in [-0.2, 0) is 9.53 Å². The van der Waals surface area contributed by atoms with Gasteiger partial charge in [0.05, 0.1) is 6.61 Å². The van der Waals surface area contributed by atoms with Crippen LogP contribution in [0.5, 0.6) is 0 Å². The second-order valence-electron chi connectivity index (χ2n) is 3.26. The summed E-state index contributed by atoms with van der Waals surface area (Å²) in [4.78, 5) is 22.0. The highest BCUT2D eigenvalue weighted by atomic mass is 16.5. The number of rotatable bonds is 5. The predicted octanol–water partition coefficient (Wildman–Crippen LogP) is 2.38. The van der Waals surface area contributed by atoms with E-state index in [0.29, 0.717) is 18.6 Å². The molecule has 0 aliphatic rings. The highest BCUT2D eigenvalue weighted by molar-refractivity contribution is 6.04. The molecule has 0 amide bonds. The van der Waals surface area contributed by atoms with Crippen LogP contribution in [0.1, 0.15) is 23.7 Å². The third kappa shape index (κ3) is 4.55. The molecule has 0 aliphatic carbocycles. The molecule has 3 heteroatoms. The molecule has 0 N–H and O–H groups in total. The number of ketones is 1. The van der Waals surface area contributed by atoms with E-state index < -0.39 is 0 Å². The van der Waals surface area contributed by atoms with Crippen molar-refractivity contribution in [2.45, 2.75) is 13.3 Å². The zero-order valence-corrected chi connectivity index (χ0v) is 9.18. The monoisotopic (exact) mass is 218 g/mol. The standard InChI is InChI=1S/C13H14O3/c1-11(14)16-10-6-5-9-13(15)12-7-3-2-4-8-12/h2-5,7-9H,6,10H2,1H3. The molecule has 0 fully saturated rings. The average molecular weight is 218 g/mol. The molecule has 0 radical (unpaired) electrons. The molecule has 0 aromatic heterocycles. The zero-order chi connectivity index (χ0) is 11.8. The lowest BCUT2D eigenvalue weighted by molar-refractivity contribution is -0.140. The van der Waals surface area contributed by atoms with Gasteiger partial charge in [0.1, 0.15) is 0 Å². The Balaban J connectivity index is 2.35. The van der Waals surface area contributed by atoms with Crippen molar-refractivity contribution >= 4 is 11.8 Å². The number of hydrogen-bond donors (Lipinski definition) is 0. The Kier molecular flexibility index (Phi) is 4.99. The Morgan fingerprint density at radius 2 is 1.94 bits per heavy atom. The van der Waals surface area contributed by atoms with Crippen LogP contribution < -0.4 is 0 Å². The van der Waals surface area contributed by atoms with Gasteiger partial charge in [-0.05, 0) is 12.5 Å². The first-order valence-corrected chi connectivity index (χ1v) is 5.09. The summed E-state index contributed by atoms with van der Waals surface area (Å²) in [5, 5.41) is 0. The van der Waals surface area contributed by atoms with E-state index in [9.17, 15) is 9.59 Å². The van der Waals surface area contributed by atoms with Gasteiger partial charge in [0.25, 0.3) is 0 Å². The number of benzene rings is 1. The molecule has 0 bridgehead atoms. The highest BCUT2D eigenvalue weighted by Crippen LogP contribution is 2.01. The van der Waals surface area contributed by atoms with E-state index in [1.54, 1.807) is 18.2 Å². The molecule has 0 saturated carbocycles. The average Bonchev–Trinajstić information content (AvgIpc) is 2.29. The molecule has 1 aromatic rings. The second-order valence-corrected chi connectivity index (χ2v) is 3.26. The fourth-order valence-corrected chi connectivity index (χ4v) is 1.16. The zero-order valence-electron chi connectivity index (χ0n) is 9.18. The van der Waals surface area contributed by atoms with Crippen molar-refractivity contribution in [2.24, 2.45) is 0 Å². The first-order valence-electron chi connectivity index (χ1n) is 5.09. The van der Waals surface area contributed by atoms with Gasteiger partial charge in [-0.2, -0.15) is 0 Å². The van der Waals surface area contributed by atoms with Gasteiger partial charge in [-0.3, -0.25) is 9.59 Å². The van der Waals surface area contributed by atoms with Crippen molar-refractivity contribution in [2.75, 3.05) is 6.61 Å². The summed E-state index contributed by atoms with van der Waals surface area (Å²) in [6, 6.07) is 9.03. The molecule has 0 saturated heterocycles. The number of allylic oxidation sites excluding steroid dienone is 1. The summed E-state index contributed by atoms with van der Waals surface area (Å²) < 4.78 is 4.73. The van der Waals surface area contributed by atoms with Crippen molar-refractivity contribution < 1.29 is 14.3 Å². The minimum atomic E-state index is -0.303. The van der Waals surface area contributed by atoms with E-state index >= 15 is 0 Å². The predicted molar refractivity (Wildman–Crippen MR) is 61.2 cm³/mol. The van der Waals surface area contributed by atoms with Gasteiger partial charge < -0.3 is 4.74 Å². The number of carbonyl (C=O) groups excluding carboxylic acids is 2. The van der Waals surface area contributed by atoms with Crippen molar-refractivity contribution in [1.29, 1.82) is 0 Å². The van der Waals surface area contributed by atoms with Gasteiger partial charge in [0.15, 0.2) is 5.78 Å². The minimum absolute atomic E-state index is 0.0385. The lowest BCUT2D eigenvalue weighted by atomic mass is 10.1. The van der Waals surface area contributed by atoms with Crippen LogP contribution >= 0.6 is 0 Å². The molecule has 0 unspecified atom stereocenters. The van der Waals surface area contributed by atoms with Gasteiger partial charge in [-0.1, -0.05) is 36.4 Å². The Bertz CT molecular complexity index is 379. The van der Waals surface area contributed by atoms with Crippen molar-refractivity contribution in [3.8, 4) is 0 Å². The third-order valence-electron chi connectivity index (χ3n) is 1.92. The Labute approximate surface area is 94.7 Å². The molecule has 1 aromatic carbocycles. The third-order valence-corrected chi connectivity index (χ3v) is 1.92. The van der Waals surface area contributed by atoms with Crippen LogP contribution in [0.3, 0.4) is 0 Å². The summed E-state index contributed by atoms with van der Waals surface area (Å²) in [6.07, 6.45) is 3.76. The summed E-state index contributed by atoms with van der Waals surface area (Å²) in [7, 11) is 0. The van der Waals surface area contributed by atoms with Gasteiger partial charge in [0, 0.05) is 12.5 Å². The van der Waals surface area contributed by atoms with E-state index in [2.05, 4.69) is 0 Å². The highest BCUT2D eigenvalue weighted by Gasteiger charge is 1.98. The van der Waals surface area contributed by atoms with Gasteiger partial charge in [-0.15, -0.1) is 0 Å². The van der Waals surface area contributed by atoms with E-state index in [-0.39, 0.29) is 11.8 Å². The molecule has 0 spiro atoms. The Morgan fingerprint density at radius 1 is 1.25 bits per heavy atom. The quantitative estimate of drug-likeness (QED) is 0.330. The van der Waals surface area contributed by atoms with Gasteiger partial charge >= 0.3 is 5.97 Å². The fraction of sp³-hybridized carbons (Fsp3) is 0.231. The van der Waals surface area contributed by atoms with Crippen LogP contribution in [0.4, 0.5) is 0 Å². The fourth-order valence-electron chi connectivity index (χ4n) is 1.16. The minimum Gasteiger partial charge on any atom is -0.466 e.